The van der Waals surface area contributed by atoms with Crippen molar-refractivity contribution < 1.29 is 4.79 Å². The number of amides is 1. The molecule has 2 rings (SSSR count). The molecule has 1 heterocycles. The van der Waals surface area contributed by atoms with Crippen molar-refractivity contribution >= 4 is 5.91 Å². The van der Waals surface area contributed by atoms with Gasteiger partial charge in [0.1, 0.15) is 0 Å². The molecule has 0 spiro atoms. The minimum absolute atomic E-state index is 0.332. The Morgan fingerprint density at radius 2 is 1.95 bits per heavy atom. The van der Waals surface area contributed by atoms with Gasteiger partial charge in [0, 0.05) is 25.6 Å². The summed E-state index contributed by atoms with van der Waals surface area (Å²) < 4.78 is 0. The maximum absolute atomic E-state index is 12.4. The first-order chi connectivity index (χ1) is 9.91. The molecule has 2 fully saturated rings. The topological polar surface area (TPSA) is 32.3 Å². The molecule has 0 bridgehead atoms. The molecule has 3 heteroatoms. The van der Waals surface area contributed by atoms with Crippen LogP contribution in [0.15, 0.2) is 0 Å². The number of carbonyl (C=O) groups is 1. The van der Waals surface area contributed by atoms with E-state index in [4.69, 9.17) is 0 Å². The average molecular weight is 294 g/mol. The second-order valence-corrected chi connectivity index (χ2v) is 8.15. The first-order valence-corrected chi connectivity index (χ1v) is 8.87. The normalized spacial score (nSPS) is 31.5. The van der Waals surface area contributed by atoms with Gasteiger partial charge in [0.25, 0.3) is 0 Å². The first kappa shape index (κ1) is 16.8. The Morgan fingerprint density at radius 3 is 2.62 bits per heavy atom. The van der Waals surface area contributed by atoms with E-state index >= 15 is 0 Å². The highest BCUT2D eigenvalue weighted by atomic mass is 16.2. The van der Waals surface area contributed by atoms with Crippen LogP contribution in [0.2, 0.25) is 0 Å². The van der Waals surface area contributed by atoms with Crippen molar-refractivity contribution in [1.29, 1.82) is 0 Å². The molecule has 1 saturated carbocycles. The Balaban J connectivity index is 1.84. The van der Waals surface area contributed by atoms with Gasteiger partial charge in [0.15, 0.2) is 0 Å². The summed E-state index contributed by atoms with van der Waals surface area (Å²) >= 11 is 0. The van der Waals surface area contributed by atoms with E-state index in [1.54, 1.807) is 0 Å². The fourth-order valence-corrected chi connectivity index (χ4v) is 4.22. The zero-order chi connectivity index (χ0) is 15.5. The number of hydrogen-bond acceptors (Lipinski definition) is 2. The van der Waals surface area contributed by atoms with Crippen molar-refractivity contribution in [2.24, 2.45) is 17.3 Å². The Labute approximate surface area is 130 Å². The van der Waals surface area contributed by atoms with Crippen LogP contribution in [0.25, 0.3) is 0 Å². The summed E-state index contributed by atoms with van der Waals surface area (Å²) in [7, 11) is 2.08. The van der Waals surface area contributed by atoms with Crippen LogP contribution in [0.4, 0.5) is 0 Å². The molecule has 2 aliphatic rings. The number of rotatable bonds is 4. The Hall–Kier alpha value is -0.570. The minimum atomic E-state index is 0.332. The standard InChI is InChI=1S/C18H34N2O/c1-18(2,3)15-8-9-17(21)20(13-11-15)12-10-14-6-5-7-16(14)19-4/h14-16,19H,5-13H2,1-4H3. The van der Waals surface area contributed by atoms with Gasteiger partial charge < -0.3 is 10.2 Å². The molecule has 0 radical (unpaired) electrons. The molecule has 1 amide bonds. The van der Waals surface area contributed by atoms with Crippen LogP contribution in [0, 0.1) is 17.3 Å². The number of nitrogens with zero attached hydrogens (tertiary/aromatic N) is 1. The van der Waals surface area contributed by atoms with Gasteiger partial charge >= 0.3 is 0 Å². The largest absolute Gasteiger partial charge is 0.343 e. The van der Waals surface area contributed by atoms with Gasteiger partial charge in [0.2, 0.25) is 5.91 Å². The number of nitrogens with one attached hydrogen (secondary N) is 1. The summed E-state index contributed by atoms with van der Waals surface area (Å²) in [6.45, 7) is 8.88. The van der Waals surface area contributed by atoms with Crippen LogP contribution >= 0.6 is 0 Å². The lowest BCUT2D eigenvalue weighted by Gasteiger charge is -2.30. The summed E-state index contributed by atoms with van der Waals surface area (Å²) in [5.74, 6) is 1.84. The molecular weight excluding hydrogens is 260 g/mol. The second-order valence-electron chi connectivity index (χ2n) is 8.15. The van der Waals surface area contributed by atoms with Crippen molar-refractivity contribution in [3.05, 3.63) is 0 Å². The van der Waals surface area contributed by atoms with Crippen LogP contribution in [0.3, 0.4) is 0 Å². The van der Waals surface area contributed by atoms with Gasteiger partial charge in [-0.05, 0) is 56.4 Å². The Morgan fingerprint density at radius 1 is 1.19 bits per heavy atom. The molecule has 1 aliphatic carbocycles. The highest BCUT2D eigenvalue weighted by molar-refractivity contribution is 5.76. The van der Waals surface area contributed by atoms with Crippen LogP contribution < -0.4 is 5.32 Å². The van der Waals surface area contributed by atoms with Gasteiger partial charge in [-0.3, -0.25) is 4.79 Å². The Bertz CT molecular complexity index is 348. The third-order valence-electron chi connectivity index (χ3n) is 5.83. The van der Waals surface area contributed by atoms with Crippen molar-refractivity contribution in [3.63, 3.8) is 0 Å². The maximum Gasteiger partial charge on any atom is 0.222 e. The number of carbonyl (C=O) groups excluding carboxylic acids is 1. The van der Waals surface area contributed by atoms with Crippen molar-refractivity contribution in [3.8, 4) is 0 Å². The van der Waals surface area contributed by atoms with Gasteiger partial charge in [0.05, 0.1) is 0 Å². The summed E-state index contributed by atoms with van der Waals surface area (Å²) in [5.41, 5.74) is 0.332. The van der Waals surface area contributed by atoms with Gasteiger partial charge in [-0.2, -0.15) is 0 Å². The maximum atomic E-state index is 12.4. The van der Waals surface area contributed by atoms with Crippen LogP contribution in [-0.4, -0.2) is 37.0 Å². The fraction of sp³-hybridized carbons (Fsp3) is 0.944. The van der Waals surface area contributed by atoms with E-state index in [1.807, 2.05) is 0 Å². The predicted molar refractivity (Wildman–Crippen MR) is 88.2 cm³/mol. The molecule has 0 aromatic heterocycles. The predicted octanol–water partition coefficient (Wildman–Crippen LogP) is 3.44. The average Bonchev–Trinajstić information content (AvgIpc) is 2.78. The van der Waals surface area contributed by atoms with Crippen LogP contribution in [0.1, 0.15) is 65.7 Å². The third-order valence-corrected chi connectivity index (χ3v) is 5.83. The van der Waals surface area contributed by atoms with Crippen molar-refractivity contribution in [1.82, 2.24) is 10.2 Å². The smallest absolute Gasteiger partial charge is 0.222 e. The molecular formula is C18H34N2O. The van der Waals surface area contributed by atoms with Gasteiger partial charge in [-0.1, -0.05) is 27.2 Å². The van der Waals surface area contributed by atoms with Crippen molar-refractivity contribution in [2.75, 3.05) is 20.1 Å². The molecule has 3 atom stereocenters. The highest BCUT2D eigenvalue weighted by Crippen LogP contribution is 2.35. The molecule has 0 aromatic rings. The van der Waals surface area contributed by atoms with E-state index in [2.05, 4.69) is 38.0 Å². The summed E-state index contributed by atoms with van der Waals surface area (Å²) in [6, 6.07) is 0.675. The minimum Gasteiger partial charge on any atom is -0.343 e. The molecule has 3 unspecified atom stereocenters. The lowest BCUT2D eigenvalue weighted by molar-refractivity contribution is -0.130. The van der Waals surface area contributed by atoms with Gasteiger partial charge in [-0.15, -0.1) is 0 Å². The number of likely N-dealkylation sites (tertiary alicyclic amines) is 1. The summed E-state index contributed by atoms with van der Waals surface area (Å²) in [4.78, 5) is 14.5. The molecule has 3 nitrogen and oxygen atoms in total. The lowest BCUT2D eigenvalue weighted by atomic mass is 9.77. The highest BCUT2D eigenvalue weighted by Gasteiger charge is 2.31. The van der Waals surface area contributed by atoms with E-state index in [-0.39, 0.29) is 0 Å². The zero-order valence-electron chi connectivity index (χ0n) is 14.5. The van der Waals surface area contributed by atoms with E-state index in [1.165, 1.54) is 32.1 Å². The van der Waals surface area contributed by atoms with Gasteiger partial charge in [-0.25, -0.2) is 0 Å². The SMILES string of the molecule is CNC1CCCC1CCN1CCC(C(C)(C)C)CCC1=O. The summed E-state index contributed by atoms with van der Waals surface area (Å²) in [5, 5.41) is 3.45. The molecule has 1 saturated heterocycles. The molecule has 122 valence electrons. The quantitative estimate of drug-likeness (QED) is 0.861. The molecule has 0 aromatic carbocycles. The third kappa shape index (κ3) is 4.45. The first-order valence-electron chi connectivity index (χ1n) is 8.87. The molecule has 1 N–H and O–H groups in total. The fourth-order valence-electron chi connectivity index (χ4n) is 4.22. The van der Waals surface area contributed by atoms with Crippen LogP contribution in [0.5, 0.6) is 0 Å². The molecule has 1 aliphatic heterocycles. The monoisotopic (exact) mass is 294 g/mol. The van der Waals surface area contributed by atoms with Crippen LogP contribution in [-0.2, 0) is 4.79 Å². The molecule has 21 heavy (non-hydrogen) atoms. The number of hydrogen-bond donors (Lipinski definition) is 1. The second kappa shape index (κ2) is 7.13. The summed E-state index contributed by atoms with van der Waals surface area (Å²) in [6.07, 6.45) is 8.16. The lowest BCUT2D eigenvalue weighted by Crippen LogP contribution is -2.35. The van der Waals surface area contributed by atoms with E-state index < -0.39 is 0 Å². The van der Waals surface area contributed by atoms with E-state index in [9.17, 15) is 4.79 Å². The van der Waals surface area contributed by atoms with Crippen molar-refractivity contribution in [2.45, 2.75) is 71.8 Å². The van der Waals surface area contributed by atoms with E-state index in [0.717, 1.165) is 31.8 Å². The zero-order valence-corrected chi connectivity index (χ0v) is 14.5. The van der Waals surface area contributed by atoms with E-state index in [0.29, 0.717) is 23.3 Å². The Kier molecular flexibility index (Phi) is 5.70.